The van der Waals surface area contributed by atoms with E-state index >= 15 is 0 Å². The molecular formula is C14H14ClNO3S. The van der Waals surface area contributed by atoms with Crippen LogP contribution >= 0.6 is 22.9 Å². The third-order valence-corrected chi connectivity index (χ3v) is 3.98. The van der Waals surface area contributed by atoms with Crippen molar-refractivity contribution in [2.45, 2.75) is 13.8 Å². The van der Waals surface area contributed by atoms with Crippen molar-refractivity contribution in [1.82, 2.24) is 4.98 Å². The smallest absolute Gasteiger partial charge is 0.358 e. The molecule has 2 rings (SSSR count). The molecule has 1 aromatic carbocycles. The number of carbonyl (C=O) groups excluding carboxylic acids is 1. The Hall–Kier alpha value is -1.59. The summed E-state index contributed by atoms with van der Waals surface area (Å²) in [5.74, 6) is 0.208. The summed E-state index contributed by atoms with van der Waals surface area (Å²) in [5, 5.41) is 1.18. The second-order valence-corrected chi connectivity index (χ2v) is 5.57. The Morgan fingerprint density at radius 2 is 2.20 bits per heavy atom. The van der Waals surface area contributed by atoms with Crippen LogP contribution in [0.3, 0.4) is 0 Å². The summed E-state index contributed by atoms with van der Waals surface area (Å²) in [6, 6.07) is 5.37. The summed E-state index contributed by atoms with van der Waals surface area (Å²) >= 11 is 7.60. The van der Waals surface area contributed by atoms with E-state index in [0.29, 0.717) is 33.6 Å². The largest absolute Gasteiger partial charge is 0.496 e. The van der Waals surface area contributed by atoms with E-state index in [4.69, 9.17) is 21.1 Å². The number of halogens is 1. The first-order valence-corrected chi connectivity index (χ1v) is 7.25. The molecule has 1 aromatic heterocycles. The summed E-state index contributed by atoms with van der Waals surface area (Å²) in [6.07, 6.45) is 0. The molecule has 1 heterocycles. The van der Waals surface area contributed by atoms with Gasteiger partial charge in [-0.25, -0.2) is 9.78 Å². The van der Waals surface area contributed by atoms with Crippen molar-refractivity contribution < 1.29 is 14.3 Å². The fourth-order valence-electron chi connectivity index (χ4n) is 1.77. The van der Waals surface area contributed by atoms with Crippen molar-refractivity contribution in [1.29, 1.82) is 0 Å². The van der Waals surface area contributed by atoms with Crippen molar-refractivity contribution in [2.24, 2.45) is 0 Å². The lowest BCUT2D eigenvalue weighted by Gasteiger charge is -2.07. The van der Waals surface area contributed by atoms with Crippen LogP contribution in [0.2, 0.25) is 5.02 Å². The van der Waals surface area contributed by atoms with Gasteiger partial charge in [0, 0.05) is 4.88 Å². The average molecular weight is 312 g/mol. The number of hydrogen-bond acceptors (Lipinski definition) is 5. The molecule has 6 heteroatoms. The average Bonchev–Trinajstić information content (AvgIpc) is 2.80. The molecule has 0 amide bonds. The van der Waals surface area contributed by atoms with Gasteiger partial charge in [-0.2, -0.15) is 0 Å². The van der Waals surface area contributed by atoms with Gasteiger partial charge in [0.2, 0.25) is 0 Å². The van der Waals surface area contributed by atoms with Crippen LogP contribution in [0.5, 0.6) is 5.75 Å². The monoisotopic (exact) mass is 311 g/mol. The zero-order chi connectivity index (χ0) is 14.7. The van der Waals surface area contributed by atoms with E-state index in [0.717, 1.165) is 4.88 Å². The zero-order valence-electron chi connectivity index (χ0n) is 11.4. The third kappa shape index (κ3) is 2.78. The maximum absolute atomic E-state index is 11.8. The van der Waals surface area contributed by atoms with Crippen molar-refractivity contribution in [3.63, 3.8) is 0 Å². The number of carbonyl (C=O) groups is 1. The van der Waals surface area contributed by atoms with E-state index in [1.165, 1.54) is 11.3 Å². The number of methoxy groups -OCH3 is 1. The number of rotatable bonds is 4. The highest BCUT2D eigenvalue weighted by Crippen LogP contribution is 2.39. The molecule has 0 fully saturated rings. The highest BCUT2D eigenvalue weighted by Gasteiger charge is 2.20. The summed E-state index contributed by atoms with van der Waals surface area (Å²) in [6.45, 7) is 3.91. The number of ether oxygens (including phenoxy) is 2. The Morgan fingerprint density at radius 1 is 1.45 bits per heavy atom. The summed E-state index contributed by atoms with van der Waals surface area (Å²) in [7, 11) is 1.57. The van der Waals surface area contributed by atoms with E-state index in [-0.39, 0.29) is 0 Å². The van der Waals surface area contributed by atoms with Crippen LogP contribution in [0.4, 0.5) is 0 Å². The fourth-order valence-corrected chi connectivity index (χ4v) is 3.05. The van der Waals surface area contributed by atoms with E-state index in [9.17, 15) is 4.79 Å². The molecule has 2 aromatic rings. The van der Waals surface area contributed by atoms with Crippen LogP contribution in [0.15, 0.2) is 18.2 Å². The Kier molecular flexibility index (Phi) is 4.62. The van der Waals surface area contributed by atoms with Crippen LogP contribution in [-0.4, -0.2) is 24.7 Å². The van der Waals surface area contributed by atoms with Gasteiger partial charge in [-0.3, -0.25) is 0 Å². The van der Waals surface area contributed by atoms with Gasteiger partial charge >= 0.3 is 5.97 Å². The van der Waals surface area contributed by atoms with Crippen molar-refractivity contribution in [2.75, 3.05) is 13.7 Å². The van der Waals surface area contributed by atoms with Crippen molar-refractivity contribution in [3.8, 4) is 16.3 Å². The molecule has 0 radical (unpaired) electrons. The number of esters is 1. The minimum Gasteiger partial charge on any atom is -0.496 e. The lowest BCUT2D eigenvalue weighted by molar-refractivity contribution is 0.0519. The number of hydrogen-bond donors (Lipinski definition) is 0. The molecule has 106 valence electrons. The van der Waals surface area contributed by atoms with E-state index in [2.05, 4.69) is 4.98 Å². The summed E-state index contributed by atoms with van der Waals surface area (Å²) < 4.78 is 10.3. The first kappa shape index (κ1) is 14.8. The second-order valence-electron chi connectivity index (χ2n) is 3.96. The number of aromatic nitrogens is 1. The zero-order valence-corrected chi connectivity index (χ0v) is 13.0. The quantitative estimate of drug-likeness (QED) is 0.802. The van der Waals surface area contributed by atoms with Gasteiger partial charge in [0.1, 0.15) is 10.8 Å². The first-order valence-electron chi connectivity index (χ1n) is 6.05. The molecule has 0 unspecified atom stereocenters. The highest BCUT2D eigenvalue weighted by molar-refractivity contribution is 7.15. The SMILES string of the molecule is CCOC(=O)c1nc(-c2c(Cl)cccc2OC)sc1C. The van der Waals surface area contributed by atoms with Crippen molar-refractivity contribution >= 4 is 28.9 Å². The van der Waals surface area contributed by atoms with Gasteiger partial charge in [-0.05, 0) is 26.0 Å². The van der Waals surface area contributed by atoms with E-state index in [1.807, 2.05) is 13.0 Å². The minimum atomic E-state index is -0.418. The van der Waals surface area contributed by atoms with Gasteiger partial charge in [-0.15, -0.1) is 11.3 Å². The number of aryl methyl sites for hydroxylation is 1. The molecule has 20 heavy (non-hydrogen) atoms. The first-order chi connectivity index (χ1) is 9.58. The van der Waals surface area contributed by atoms with E-state index < -0.39 is 5.97 Å². The molecule has 0 aliphatic heterocycles. The molecule has 0 atom stereocenters. The maximum Gasteiger partial charge on any atom is 0.358 e. The number of nitrogens with zero attached hydrogens (tertiary/aromatic N) is 1. The Labute approximate surface area is 126 Å². The van der Waals surface area contributed by atoms with Crippen LogP contribution < -0.4 is 4.74 Å². The predicted octanol–water partition coefficient (Wildman–Crippen LogP) is 3.96. The molecule has 0 aliphatic rings. The van der Waals surface area contributed by atoms with Gasteiger partial charge in [0.05, 0.1) is 24.3 Å². The van der Waals surface area contributed by atoms with Gasteiger partial charge in [0.25, 0.3) is 0 Å². The molecule has 0 aliphatic carbocycles. The Bertz CT molecular complexity index is 639. The van der Waals surface area contributed by atoms with Crippen molar-refractivity contribution in [3.05, 3.63) is 33.8 Å². The number of benzene rings is 1. The van der Waals surface area contributed by atoms with Gasteiger partial charge in [-0.1, -0.05) is 17.7 Å². The topological polar surface area (TPSA) is 48.4 Å². The maximum atomic E-state index is 11.8. The summed E-state index contributed by atoms with van der Waals surface area (Å²) in [4.78, 5) is 16.9. The molecule has 0 spiro atoms. The second kappa shape index (κ2) is 6.24. The van der Waals surface area contributed by atoms with Gasteiger partial charge < -0.3 is 9.47 Å². The Balaban J connectivity index is 2.50. The van der Waals surface area contributed by atoms with Crippen LogP contribution in [0.1, 0.15) is 22.3 Å². The molecule has 4 nitrogen and oxygen atoms in total. The molecule has 0 N–H and O–H groups in total. The number of thiazole rings is 1. The highest BCUT2D eigenvalue weighted by atomic mass is 35.5. The Morgan fingerprint density at radius 3 is 2.85 bits per heavy atom. The molecule has 0 saturated carbocycles. The lowest BCUT2D eigenvalue weighted by atomic mass is 10.2. The standard InChI is InChI=1S/C14H14ClNO3S/c1-4-19-14(17)12-8(2)20-13(16-12)11-9(15)6-5-7-10(11)18-3/h5-7H,4H2,1-3H3. The third-order valence-electron chi connectivity index (χ3n) is 2.67. The van der Waals surface area contributed by atoms with E-state index in [1.54, 1.807) is 26.2 Å². The van der Waals surface area contributed by atoms with Crippen LogP contribution in [-0.2, 0) is 4.74 Å². The van der Waals surface area contributed by atoms with Gasteiger partial charge in [0.15, 0.2) is 5.69 Å². The normalized spacial score (nSPS) is 10.4. The fraction of sp³-hybridized carbons (Fsp3) is 0.286. The molecule has 0 saturated heterocycles. The predicted molar refractivity (Wildman–Crippen MR) is 79.8 cm³/mol. The molecule has 0 bridgehead atoms. The summed E-state index contributed by atoms with van der Waals surface area (Å²) in [5.41, 5.74) is 1.02. The minimum absolute atomic E-state index is 0.320. The molecular weight excluding hydrogens is 298 g/mol. The lowest BCUT2D eigenvalue weighted by Crippen LogP contribution is -2.06. The van der Waals surface area contributed by atoms with Crippen LogP contribution in [0.25, 0.3) is 10.6 Å². The van der Waals surface area contributed by atoms with Crippen LogP contribution in [0, 0.1) is 6.92 Å².